The lowest BCUT2D eigenvalue weighted by molar-refractivity contribution is 0.443. The molecule has 78 valence electrons. The Kier molecular flexibility index (Phi) is 3.29. The number of phenolic OH excluding ortho intramolecular Hbond substituents is 1. The summed E-state index contributed by atoms with van der Waals surface area (Å²) < 4.78 is 26.2. The van der Waals surface area contributed by atoms with Crippen LogP contribution in [0.2, 0.25) is 5.02 Å². The molecule has 1 rings (SSSR count). The predicted molar refractivity (Wildman–Crippen MR) is 50.5 cm³/mol. The van der Waals surface area contributed by atoms with E-state index in [4.69, 9.17) is 17.3 Å². The molecule has 0 bridgehead atoms. The van der Waals surface area contributed by atoms with Crippen LogP contribution >= 0.6 is 11.6 Å². The molecule has 14 heavy (non-hydrogen) atoms. The van der Waals surface area contributed by atoms with E-state index in [1.807, 2.05) is 0 Å². The second kappa shape index (κ2) is 4.11. The molecule has 0 spiro atoms. The normalized spacial score (nSPS) is 12.9. The van der Waals surface area contributed by atoms with Gasteiger partial charge in [0, 0.05) is 11.6 Å². The van der Waals surface area contributed by atoms with Crippen LogP contribution in [0.4, 0.5) is 8.78 Å². The molecule has 1 aromatic carbocycles. The monoisotopic (exact) mass is 221 g/mol. The van der Waals surface area contributed by atoms with E-state index in [1.54, 1.807) is 6.92 Å². The van der Waals surface area contributed by atoms with E-state index in [-0.39, 0.29) is 12.1 Å². The Hall–Kier alpha value is -0.870. The minimum Gasteiger partial charge on any atom is -0.507 e. The van der Waals surface area contributed by atoms with Gasteiger partial charge in [-0.2, -0.15) is 0 Å². The maximum absolute atomic E-state index is 13.4. The van der Waals surface area contributed by atoms with Crippen LogP contribution in [0, 0.1) is 11.6 Å². The van der Waals surface area contributed by atoms with Crippen molar-refractivity contribution in [1.29, 1.82) is 0 Å². The van der Waals surface area contributed by atoms with Crippen LogP contribution < -0.4 is 5.73 Å². The van der Waals surface area contributed by atoms with Gasteiger partial charge in [-0.25, -0.2) is 8.78 Å². The first-order chi connectivity index (χ1) is 6.49. The van der Waals surface area contributed by atoms with Crippen LogP contribution in [0.1, 0.15) is 18.4 Å². The standard InChI is InChI=1S/C9H10ClF2NO/c1-4(3-13)7-6(14)2-5(11)8(10)9(7)12/h2,4,14H,3,13H2,1H3. The van der Waals surface area contributed by atoms with Crippen molar-refractivity contribution in [3.8, 4) is 5.75 Å². The molecule has 0 fully saturated rings. The minimum atomic E-state index is -0.977. The average Bonchev–Trinajstić information content (AvgIpc) is 2.14. The number of phenols is 1. The SMILES string of the molecule is CC(CN)c1c(O)cc(F)c(Cl)c1F. The number of benzene rings is 1. The van der Waals surface area contributed by atoms with Gasteiger partial charge < -0.3 is 10.8 Å². The summed E-state index contributed by atoms with van der Waals surface area (Å²) >= 11 is 5.35. The van der Waals surface area contributed by atoms with Crippen LogP contribution in [0.25, 0.3) is 0 Å². The second-order valence-corrected chi connectivity index (χ2v) is 3.43. The van der Waals surface area contributed by atoms with Gasteiger partial charge in [-0.15, -0.1) is 0 Å². The van der Waals surface area contributed by atoms with Crippen molar-refractivity contribution in [3.05, 3.63) is 28.3 Å². The van der Waals surface area contributed by atoms with E-state index in [0.29, 0.717) is 0 Å². The average molecular weight is 222 g/mol. The number of hydrogen-bond acceptors (Lipinski definition) is 2. The molecule has 1 atom stereocenters. The van der Waals surface area contributed by atoms with Crippen molar-refractivity contribution in [2.24, 2.45) is 5.73 Å². The maximum atomic E-state index is 13.4. The van der Waals surface area contributed by atoms with Crippen molar-refractivity contribution >= 4 is 11.6 Å². The smallest absolute Gasteiger partial charge is 0.151 e. The van der Waals surface area contributed by atoms with Crippen LogP contribution in [-0.2, 0) is 0 Å². The molecule has 0 aliphatic rings. The van der Waals surface area contributed by atoms with Crippen molar-refractivity contribution in [2.75, 3.05) is 6.54 Å². The number of nitrogens with two attached hydrogens (primary N) is 1. The van der Waals surface area contributed by atoms with Crippen LogP contribution in [0.15, 0.2) is 6.07 Å². The van der Waals surface area contributed by atoms with Crippen LogP contribution in [-0.4, -0.2) is 11.7 Å². The van der Waals surface area contributed by atoms with Crippen molar-refractivity contribution in [1.82, 2.24) is 0 Å². The van der Waals surface area contributed by atoms with Gasteiger partial charge in [-0.1, -0.05) is 18.5 Å². The summed E-state index contributed by atoms with van der Waals surface area (Å²) in [4.78, 5) is 0. The minimum absolute atomic E-state index is 0.0427. The Labute approximate surface area is 85.3 Å². The summed E-state index contributed by atoms with van der Waals surface area (Å²) in [5.41, 5.74) is 5.27. The van der Waals surface area contributed by atoms with Gasteiger partial charge >= 0.3 is 0 Å². The zero-order valence-corrected chi connectivity index (χ0v) is 8.28. The van der Waals surface area contributed by atoms with E-state index >= 15 is 0 Å². The Bertz CT molecular complexity index is 357. The fraction of sp³-hybridized carbons (Fsp3) is 0.333. The largest absolute Gasteiger partial charge is 0.507 e. The van der Waals surface area contributed by atoms with E-state index < -0.39 is 28.3 Å². The summed E-state index contributed by atoms with van der Waals surface area (Å²) in [6.07, 6.45) is 0. The Morgan fingerprint density at radius 2 is 2.14 bits per heavy atom. The molecule has 0 aromatic heterocycles. The van der Waals surface area contributed by atoms with Crippen LogP contribution in [0.3, 0.4) is 0 Å². The van der Waals surface area contributed by atoms with Crippen molar-refractivity contribution < 1.29 is 13.9 Å². The summed E-state index contributed by atoms with van der Waals surface area (Å²) in [5, 5.41) is 8.69. The number of halogens is 3. The summed E-state index contributed by atoms with van der Waals surface area (Å²) in [5.74, 6) is -2.78. The van der Waals surface area contributed by atoms with Gasteiger partial charge in [0.25, 0.3) is 0 Å². The maximum Gasteiger partial charge on any atom is 0.151 e. The first kappa shape index (κ1) is 11.2. The molecule has 1 unspecified atom stereocenters. The fourth-order valence-corrected chi connectivity index (χ4v) is 1.34. The summed E-state index contributed by atoms with van der Waals surface area (Å²) in [7, 11) is 0. The highest BCUT2D eigenvalue weighted by molar-refractivity contribution is 6.31. The molecular weight excluding hydrogens is 212 g/mol. The zero-order valence-electron chi connectivity index (χ0n) is 7.52. The molecule has 0 heterocycles. The van der Waals surface area contributed by atoms with E-state index in [0.717, 1.165) is 6.07 Å². The van der Waals surface area contributed by atoms with Gasteiger partial charge in [0.05, 0.1) is 0 Å². The molecule has 0 amide bonds. The molecule has 3 N–H and O–H groups in total. The lowest BCUT2D eigenvalue weighted by Gasteiger charge is -2.13. The first-order valence-electron chi connectivity index (χ1n) is 4.05. The van der Waals surface area contributed by atoms with Gasteiger partial charge in [0.2, 0.25) is 0 Å². The van der Waals surface area contributed by atoms with E-state index in [1.165, 1.54) is 0 Å². The van der Waals surface area contributed by atoms with Gasteiger partial charge in [-0.05, 0) is 12.5 Å². The lowest BCUT2D eigenvalue weighted by atomic mass is 9.99. The highest BCUT2D eigenvalue weighted by atomic mass is 35.5. The third-order valence-corrected chi connectivity index (χ3v) is 2.37. The molecular formula is C9H10ClF2NO. The van der Waals surface area contributed by atoms with Gasteiger partial charge in [0.15, 0.2) is 5.82 Å². The Balaban J connectivity index is 3.36. The molecule has 0 aliphatic heterocycles. The highest BCUT2D eigenvalue weighted by Crippen LogP contribution is 2.33. The van der Waals surface area contributed by atoms with Crippen molar-refractivity contribution in [3.63, 3.8) is 0 Å². The first-order valence-corrected chi connectivity index (χ1v) is 4.43. The molecule has 1 aromatic rings. The lowest BCUT2D eigenvalue weighted by Crippen LogP contribution is -2.11. The summed E-state index contributed by atoms with van der Waals surface area (Å²) in [6, 6.07) is 0.785. The zero-order chi connectivity index (χ0) is 10.9. The Morgan fingerprint density at radius 3 is 2.64 bits per heavy atom. The quantitative estimate of drug-likeness (QED) is 0.754. The predicted octanol–water partition coefficient (Wildman–Crippen LogP) is 2.39. The number of aromatic hydroxyl groups is 1. The number of rotatable bonds is 2. The molecule has 5 heteroatoms. The van der Waals surface area contributed by atoms with Crippen LogP contribution in [0.5, 0.6) is 5.75 Å². The molecule has 0 aliphatic carbocycles. The topological polar surface area (TPSA) is 46.2 Å². The third kappa shape index (κ3) is 1.81. The molecule has 0 saturated carbocycles. The van der Waals surface area contributed by atoms with E-state index in [2.05, 4.69) is 0 Å². The highest BCUT2D eigenvalue weighted by Gasteiger charge is 2.20. The number of hydrogen-bond donors (Lipinski definition) is 2. The third-order valence-electron chi connectivity index (χ3n) is 2.02. The van der Waals surface area contributed by atoms with Gasteiger partial charge in [0.1, 0.15) is 16.6 Å². The fourth-order valence-electron chi connectivity index (χ4n) is 1.18. The van der Waals surface area contributed by atoms with Crippen molar-refractivity contribution in [2.45, 2.75) is 12.8 Å². The second-order valence-electron chi connectivity index (χ2n) is 3.06. The molecule has 0 saturated heterocycles. The molecule has 0 radical (unpaired) electrons. The molecule has 2 nitrogen and oxygen atoms in total. The Morgan fingerprint density at radius 1 is 1.57 bits per heavy atom. The summed E-state index contributed by atoms with van der Waals surface area (Å²) in [6.45, 7) is 1.76. The van der Waals surface area contributed by atoms with E-state index in [9.17, 15) is 13.9 Å². The van der Waals surface area contributed by atoms with Gasteiger partial charge in [-0.3, -0.25) is 0 Å².